The third-order valence-electron chi connectivity index (χ3n) is 1.72. The lowest BCUT2D eigenvalue weighted by molar-refractivity contribution is -0.298. The Morgan fingerprint density at radius 2 is 2.07 bits per heavy atom. The van der Waals surface area contributed by atoms with Gasteiger partial charge in [0.1, 0.15) is 12.8 Å². The molecule has 1 heterocycles. The minimum Gasteiger partial charge on any atom is -0.255 e. The maximum atomic E-state index is 4.38. The van der Waals surface area contributed by atoms with E-state index in [4.69, 9.17) is 0 Å². The molecule has 0 N–H and O–H groups in total. The first-order valence-electron chi connectivity index (χ1n) is 4.56. The average Bonchev–Trinajstić information content (AvgIpc) is 2.11. The van der Waals surface area contributed by atoms with Crippen molar-refractivity contribution in [2.45, 2.75) is 27.2 Å². The first-order valence-corrected chi connectivity index (χ1v) is 5.29. The lowest BCUT2D eigenvalue weighted by Crippen LogP contribution is -2.05. The Morgan fingerprint density at radius 1 is 1.36 bits per heavy atom. The van der Waals surface area contributed by atoms with Crippen molar-refractivity contribution < 1.29 is 3.98 Å². The van der Waals surface area contributed by atoms with Crippen LogP contribution in [0.1, 0.15) is 27.2 Å². The summed E-state index contributed by atoms with van der Waals surface area (Å²) in [4.78, 5) is 4.34. The van der Waals surface area contributed by atoms with Crippen LogP contribution in [0.15, 0.2) is 21.2 Å². The Labute approximate surface area is 89.6 Å². The van der Waals surface area contributed by atoms with Crippen LogP contribution >= 0.6 is 12.1 Å². The smallest absolute Gasteiger partial charge is 0.255 e. The van der Waals surface area contributed by atoms with E-state index in [-0.39, 0.29) is 0 Å². The topological polar surface area (TPSA) is 27.7 Å². The zero-order valence-corrected chi connectivity index (χ0v) is 9.93. The van der Waals surface area contributed by atoms with Crippen LogP contribution in [0, 0.1) is 0 Å². The molecule has 0 fully saturated rings. The standard InChI is InChI=1S/C10H16N3S/c1-8-5-9(2)12-14-13(4)7-10(3)11-6-8/h6-7H,5H2,1-4H3/q+1/b8-6-,11-10+,12-9?,13-7+. The molecule has 0 saturated carbocycles. The summed E-state index contributed by atoms with van der Waals surface area (Å²) in [6.07, 6.45) is 4.78. The molecule has 0 aromatic carbocycles. The molecule has 0 amide bonds. The maximum absolute atomic E-state index is 4.38. The van der Waals surface area contributed by atoms with Gasteiger partial charge in [-0.1, -0.05) is 0 Å². The Kier molecular flexibility index (Phi) is 4.07. The van der Waals surface area contributed by atoms with Gasteiger partial charge < -0.3 is 0 Å². The summed E-state index contributed by atoms with van der Waals surface area (Å²) < 4.78 is 6.34. The Balaban J connectivity index is 2.96. The quantitative estimate of drug-likeness (QED) is 0.446. The molecule has 1 aliphatic heterocycles. The SMILES string of the molecule is CC1=NS/[N+](C)=C/C(C)=N/C=C(/C)C1. The summed E-state index contributed by atoms with van der Waals surface area (Å²) in [5.74, 6) is 0. The van der Waals surface area contributed by atoms with Gasteiger partial charge in [-0.3, -0.25) is 4.99 Å². The molecule has 0 unspecified atom stereocenters. The molecule has 0 bridgehead atoms. The highest BCUT2D eigenvalue weighted by Crippen LogP contribution is 2.09. The van der Waals surface area contributed by atoms with Crippen LogP contribution < -0.4 is 0 Å². The third-order valence-corrected chi connectivity index (χ3v) is 2.47. The minimum absolute atomic E-state index is 0.900. The van der Waals surface area contributed by atoms with Crippen molar-refractivity contribution in [2.75, 3.05) is 7.05 Å². The minimum atomic E-state index is 0.900. The van der Waals surface area contributed by atoms with Crippen LogP contribution in [-0.4, -0.2) is 28.7 Å². The number of rotatable bonds is 0. The lowest BCUT2D eigenvalue weighted by Gasteiger charge is -2.00. The second-order valence-corrected chi connectivity index (χ2v) is 4.43. The molecule has 4 heteroatoms. The van der Waals surface area contributed by atoms with Crippen LogP contribution in [-0.2, 0) is 0 Å². The summed E-state index contributed by atoms with van der Waals surface area (Å²) in [5, 5.41) is 0. The molecule has 0 radical (unpaired) electrons. The fourth-order valence-electron chi connectivity index (χ4n) is 1.15. The molecule has 1 rings (SSSR count). The van der Waals surface area contributed by atoms with Crippen LogP contribution in [0.3, 0.4) is 0 Å². The van der Waals surface area contributed by atoms with Gasteiger partial charge in [0.05, 0.1) is 0 Å². The Morgan fingerprint density at radius 3 is 2.79 bits per heavy atom. The van der Waals surface area contributed by atoms with E-state index in [0.29, 0.717) is 0 Å². The second-order valence-electron chi connectivity index (χ2n) is 3.51. The first kappa shape index (κ1) is 11.2. The summed E-state index contributed by atoms with van der Waals surface area (Å²) in [6.45, 7) is 6.10. The van der Waals surface area contributed by atoms with Gasteiger partial charge >= 0.3 is 12.1 Å². The van der Waals surface area contributed by atoms with Crippen molar-refractivity contribution in [1.82, 2.24) is 0 Å². The van der Waals surface area contributed by atoms with Gasteiger partial charge in [-0.2, -0.15) is 4.40 Å². The Bertz CT molecular complexity index is 337. The van der Waals surface area contributed by atoms with Crippen LogP contribution in [0.2, 0.25) is 0 Å². The van der Waals surface area contributed by atoms with Gasteiger partial charge in [-0.15, -0.1) is 3.98 Å². The molecule has 0 atom stereocenters. The third kappa shape index (κ3) is 3.87. The number of hydrogen-bond donors (Lipinski definition) is 0. The van der Waals surface area contributed by atoms with Gasteiger partial charge in [0, 0.05) is 18.3 Å². The van der Waals surface area contributed by atoms with E-state index in [1.165, 1.54) is 17.7 Å². The summed E-state index contributed by atoms with van der Waals surface area (Å²) in [5.41, 5.74) is 3.36. The fourth-order valence-corrected chi connectivity index (χ4v) is 1.68. The molecule has 0 spiro atoms. The molecule has 0 aromatic rings. The van der Waals surface area contributed by atoms with Gasteiger partial charge in [0.2, 0.25) is 0 Å². The van der Waals surface area contributed by atoms with Crippen LogP contribution in [0.4, 0.5) is 0 Å². The average molecular weight is 210 g/mol. The van der Waals surface area contributed by atoms with Crippen molar-refractivity contribution in [3.8, 4) is 0 Å². The van der Waals surface area contributed by atoms with Crippen molar-refractivity contribution in [3.63, 3.8) is 0 Å². The second kappa shape index (κ2) is 5.10. The zero-order chi connectivity index (χ0) is 10.6. The number of hydrogen-bond acceptors (Lipinski definition) is 3. The number of allylic oxidation sites excluding steroid dienone is 1. The van der Waals surface area contributed by atoms with E-state index in [2.05, 4.69) is 16.3 Å². The van der Waals surface area contributed by atoms with E-state index in [9.17, 15) is 0 Å². The lowest BCUT2D eigenvalue weighted by atomic mass is 10.2. The van der Waals surface area contributed by atoms with Crippen molar-refractivity contribution in [1.29, 1.82) is 0 Å². The molecule has 0 aromatic heterocycles. The van der Waals surface area contributed by atoms with Gasteiger partial charge in [0.25, 0.3) is 0 Å². The van der Waals surface area contributed by atoms with Crippen LogP contribution in [0.25, 0.3) is 0 Å². The first-order chi connectivity index (χ1) is 6.58. The van der Waals surface area contributed by atoms with E-state index in [0.717, 1.165) is 17.8 Å². The maximum Gasteiger partial charge on any atom is 0.310 e. The van der Waals surface area contributed by atoms with Crippen molar-refractivity contribution in [3.05, 3.63) is 11.8 Å². The number of aliphatic imine (C=N–C) groups is 1. The van der Waals surface area contributed by atoms with Gasteiger partial charge in [-0.25, -0.2) is 0 Å². The Hall–Kier alpha value is -0.900. The summed E-state index contributed by atoms with van der Waals surface area (Å²) in [6, 6.07) is 0. The number of nitrogens with zero attached hydrogens (tertiary/aromatic N) is 3. The zero-order valence-electron chi connectivity index (χ0n) is 9.11. The van der Waals surface area contributed by atoms with Gasteiger partial charge in [-0.05, 0) is 26.3 Å². The molecule has 0 aliphatic carbocycles. The van der Waals surface area contributed by atoms with Gasteiger partial charge in [0.15, 0.2) is 6.21 Å². The molecule has 0 saturated heterocycles. The summed E-state index contributed by atoms with van der Waals surface area (Å²) >= 11 is 1.45. The molecule has 3 nitrogen and oxygen atoms in total. The largest absolute Gasteiger partial charge is 0.310 e. The van der Waals surface area contributed by atoms with Crippen molar-refractivity contribution >= 4 is 29.8 Å². The molecule has 76 valence electrons. The van der Waals surface area contributed by atoms with E-state index in [1.807, 2.05) is 37.3 Å². The molecular formula is C10H16N3S+. The molecular weight excluding hydrogens is 194 g/mol. The fraction of sp³-hybridized carbons (Fsp3) is 0.500. The normalized spacial score (nSPS) is 30.3. The monoisotopic (exact) mass is 210 g/mol. The predicted molar refractivity (Wildman–Crippen MR) is 64.4 cm³/mol. The van der Waals surface area contributed by atoms with E-state index in [1.54, 1.807) is 0 Å². The van der Waals surface area contributed by atoms with E-state index < -0.39 is 0 Å². The van der Waals surface area contributed by atoms with Crippen LogP contribution in [0.5, 0.6) is 0 Å². The highest BCUT2D eigenvalue weighted by molar-refractivity contribution is 7.92. The highest BCUT2D eigenvalue weighted by Gasteiger charge is 2.03. The van der Waals surface area contributed by atoms with E-state index >= 15 is 0 Å². The molecule has 14 heavy (non-hydrogen) atoms. The highest BCUT2D eigenvalue weighted by atomic mass is 32.2. The predicted octanol–water partition coefficient (Wildman–Crippen LogP) is 2.49. The van der Waals surface area contributed by atoms with Crippen molar-refractivity contribution in [2.24, 2.45) is 9.39 Å². The summed E-state index contributed by atoms with van der Waals surface area (Å²) in [7, 11) is 1.97. The molecule has 1 aliphatic rings.